The van der Waals surface area contributed by atoms with Crippen LogP contribution < -0.4 is 108 Å². The lowest BCUT2D eigenvalue weighted by Gasteiger charge is -2.31. The third-order valence-corrected chi connectivity index (χ3v) is 18.9. The molecule has 1 saturated heterocycles. The van der Waals surface area contributed by atoms with Gasteiger partial charge in [0.15, 0.2) is 5.96 Å². The van der Waals surface area contributed by atoms with Gasteiger partial charge in [-0.25, -0.2) is 4.79 Å². The van der Waals surface area contributed by atoms with Crippen LogP contribution in [0.15, 0.2) is 97.2 Å². The lowest BCUT2D eigenvalue weighted by molar-refractivity contribution is -0.144. The number of carboxylic acid groups (broad SMARTS) is 1. The van der Waals surface area contributed by atoms with E-state index in [1.165, 1.54) is 27.2 Å². The summed E-state index contributed by atoms with van der Waals surface area (Å²) in [5, 5.41) is 64.9. The molecule has 12 atom stereocenters. The highest BCUT2D eigenvalue weighted by molar-refractivity contribution is 6.03. The van der Waals surface area contributed by atoms with E-state index >= 15 is 24.0 Å². The molecule has 2 heterocycles. The Balaban J connectivity index is 1.50. The van der Waals surface area contributed by atoms with Gasteiger partial charge in [0.05, 0.1) is 38.9 Å². The Morgan fingerprint density at radius 2 is 1.14 bits per heavy atom. The van der Waals surface area contributed by atoms with Gasteiger partial charge < -0.3 is 123 Å². The minimum Gasteiger partial charge on any atom is -0.497 e. The number of benzene rings is 4. The Kier molecular flexibility index (Phi) is 35.5. The van der Waals surface area contributed by atoms with Gasteiger partial charge >= 0.3 is 5.97 Å². The fourth-order valence-electron chi connectivity index (χ4n) is 12.7. The average molecular weight is 1660 g/mol. The number of aromatic nitrogens is 1. The Morgan fingerprint density at radius 1 is 0.588 bits per heavy atom. The first-order valence-electron chi connectivity index (χ1n) is 37.9. The second kappa shape index (κ2) is 44.9. The van der Waals surface area contributed by atoms with E-state index in [1.807, 2.05) is 5.32 Å². The maximum atomic E-state index is 15.5. The second-order valence-corrected chi connectivity index (χ2v) is 29.0. The molecule has 0 spiro atoms. The highest BCUT2D eigenvalue weighted by Crippen LogP contribution is 2.23. The first-order valence-corrected chi connectivity index (χ1v) is 37.9. The van der Waals surface area contributed by atoms with Gasteiger partial charge in [0, 0.05) is 62.8 Å². The van der Waals surface area contributed by atoms with Gasteiger partial charge in [-0.2, -0.15) is 0 Å². The van der Waals surface area contributed by atoms with Gasteiger partial charge in [-0.15, -0.1) is 0 Å². The van der Waals surface area contributed by atoms with Crippen LogP contribution in [0.4, 0.5) is 0 Å². The van der Waals surface area contributed by atoms with Gasteiger partial charge in [0.25, 0.3) is 0 Å². The first kappa shape index (κ1) is 94.0. The molecule has 1 aromatic heterocycles. The quantitative estimate of drug-likeness (QED) is 0.0132. The van der Waals surface area contributed by atoms with Crippen LogP contribution in [-0.4, -0.2) is 226 Å². The van der Waals surface area contributed by atoms with Crippen LogP contribution in [0.25, 0.3) is 21.7 Å². The Labute approximate surface area is 681 Å². The largest absolute Gasteiger partial charge is 0.497 e. The van der Waals surface area contributed by atoms with E-state index in [1.54, 1.807) is 91.0 Å². The van der Waals surface area contributed by atoms with Crippen molar-refractivity contribution in [1.29, 1.82) is 5.41 Å². The molecule has 4 aromatic carbocycles. The molecule has 0 saturated carbocycles. The molecule has 42 nitrogen and oxygen atoms in total. The number of primary amides is 4. The topological polar surface area (TPSA) is 695 Å². The van der Waals surface area contributed by atoms with Crippen molar-refractivity contribution in [2.24, 2.45) is 28.7 Å². The van der Waals surface area contributed by atoms with Gasteiger partial charge in [0.2, 0.25) is 100 Å². The van der Waals surface area contributed by atoms with Crippen LogP contribution in [0.2, 0.25) is 0 Å². The molecule has 42 heteroatoms. The molecule has 642 valence electrons. The van der Waals surface area contributed by atoms with Crippen LogP contribution in [0, 0.1) is 5.41 Å². The molecular weight excluding hydrogens is 1550 g/mol. The molecule has 0 unspecified atom stereocenters. The number of guanidine groups is 1. The van der Waals surface area contributed by atoms with Crippen LogP contribution in [0.5, 0.6) is 5.75 Å². The molecule has 1 fully saturated rings. The lowest BCUT2D eigenvalue weighted by atomic mass is 9.96. The number of methoxy groups -OCH3 is 1. The van der Waals surface area contributed by atoms with E-state index in [9.17, 15) is 72.5 Å². The van der Waals surface area contributed by atoms with Crippen molar-refractivity contribution in [2.45, 2.75) is 196 Å². The molecule has 0 radical (unpaired) electrons. The fraction of sp³-hybridized carbons (Fsp3) is 0.442. The normalized spacial score (nSPS) is 21.4. The Bertz CT molecular complexity index is 4590. The van der Waals surface area contributed by atoms with Crippen molar-refractivity contribution in [3.05, 3.63) is 114 Å². The molecule has 119 heavy (non-hydrogen) atoms. The van der Waals surface area contributed by atoms with Crippen molar-refractivity contribution < 1.29 is 101 Å². The number of amides is 17. The number of aliphatic hydroxyl groups excluding tert-OH is 1. The minimum absolute atomic E-state index is 0.0548. The van der Waals surface area contributed by atoms with Crippen LogP contribution in [0.1, 0.15) is 115 Å². The molecule has 0 bridgehead atoms. The zero-order valence-electron chi connectivity index (χ0n) is 66.0. The highest BCUT2D eigenvalue weighted by atomic mass is 16.5. The van der Waals surface area contributed by atoms with Gasteiger partial charge in [-0.05, 0) is 105 Å². The van der Waals surface area contributed by atoms with E-state index in [0.29, 0.717) is 44.1 Å². The number of H-pyrrole nitrogens is 1. The number of aliphatic carboxylic acids is 1. The van der Waals surface area contributed by atoms with Crippen molar-refractivity contribution in [3.8, 4) is 5.75 Å². The van der Waals surface area contributed by atoms with Crippen molar-refractivity contribution in [1.82, 2.24) is 79.4 Å². The standard InChI is InChI=1S/C77H103N21O21/c1-38(99)63-73(115)94-52(32-43-37-86-47-19-9-8-18-46(43)47)68(110)89-50(26-27-58(78)101)66(108)88-48(21-13-29-85-76(82)83)64(106)90-51(30-40-22-24-44(119-5)25-23-40)67(109)91-53(31-42-16-12-15-41-14-6-7-17-45(41)42)72(114)98-77(3,4)75(118)96-49(65(107)92-54(33-59(79)102)69(111)95-57(74(116)117)35-61(81)104)20-10-11-28-84-62(105)36-56(87-39(2)100)70(112)93-55(34-60(80)103)71(113)97-63/h6-9,12,14-19,22-25,37-38,48-57,63,86,99H,10-11,13,20-21,26-36H2,1-5H3,(H2,78,101)(H2,79,102)(H2,80,103)(H2,81,104)(H,84,105)(H,87,100)(H,88,108)(H,89,110)(H,90,106)(H,91,109)(H,92,107)(H,93,112)(H,94,115)(H,95,111)(H,96,118)(H,97,113)(H,98,114)(H,116,117)(H4,82,83,85)/t38-,48+,49-,50+,51+,52+,53+,54+,55+,56+,57+,63+/m1/s1. The highest BCUT2D eigenvalue weighted by Gasteiger charge is 2.41. The maximum absolute atomic E-state index is 15.5. The zero-order valence-corrected chi connectivity index (χ0v) is 66.0. The van der Waals surface area contributed by atoms with Crippen molar-refractivity contribution >= 4 is 134 Å². The molecule has 1 aliphatic rings. The van der Waals surface area contributed by atoms with Crippen molar-refractivity contribution in [2.75, 3.05) is 20.2 Å². The molecule has 28 N–H and O–H groups in total. The number of nitrogens with one attached hydrogen (secondary N) is 16. The molecular formula is C77H103N21O21. The summed E-state index contributed by atoms with van der Waals surface area (Å²) in [6.45, 7) is 4.06. The number of rotatable bonds is 27. The number of aromatic amines is 1. The number of carboxylic acids is 1. The monoisotopic (exact) mass is 1660 g/mol. The Hall–Kier alpha value is -13.8. The van der Waals surface area contributed by atoms with Gasteiger partial charge in [-0.3, -0.25) is 86.9 Å². The molecule has 6 rings (SSSR count). The van der Waals surface area contributed by atoms with Crippen molar-refractivity contribution in [3.63, 3.8) is 0 Å². The van der Waals surface area contributed by atoms with E-state index in [2.05, 4.69) is 74.1 Å². The molecule has 17 amide bonds. The number of hydrogen-bond acceptors (Lipinski definition) is 21. The number of nitrogens with two attached hydrogens (primary N) is 5. The Morgan fingerprint density at radius 3 is 1.75 bits per heavy atom. The number of carbonyl (C=O) groups is 18. The van der Waals surface area contributed by atoms with E-state index < -0.39 is 242 Å². The smallest absolute Gasteiger partial charge is 0.326 e. The van der Waals surface area contributed by atoms with E-state index in [-0.39, 0.29) is 51.6 Å². The number of carbonyl (C=O) groups excluding carboxylic acids is 17. The SMILES string of the molecule is COc1ccc(C[C@@H]2NC(=O)[C@H](CCCNC(=N)N)NC(=O)[C@H](CCC(N)=O)NC(=O)[C@H](Cc3c[nH]c4ccccc34)NC(=O)[C@H]([C@@H](C)O)NC(=O)[C@H](CC(N)=O)NC(=O)[C@@H](NC(C)=O)CC(=O)NCCCC[C@H](C(=O)N[C@@H](CC(N)=O)C(=O)N[C@@H](CC(N)=O)C(=O)O)NC(=O)C(C)(C)NC(=O)[C@H](Cc3cccc4ccccc34)NC2=O)cc1. The molecule has 5 aromatic rings. The van der Waals surface area contributed by atoms with Crippen LogP contribution >= 0.6 is 0 Å². The second-order valence-electron chi connectivity index (χ2n) is 29.0. The minimum atomic E-state index is -2.13. The third kappa shape index (κ3) is 30.1. The number of hydrogen-bond donors (Lipinski definition) is 23. The maximum Gasteiger partial charge on any atom is 0.326 e. The first-order chi connectivity index (χ1) is 56.2. The number of ether oxygens (including phenoxy) is 1. The summed E-state index contributed by atoms with van der Waals surface area (Å²) < 4.78 is 5.38. The predicted molar refractivity (Wildman–Crippen MR) is 425 cm³/mol. The lowest BCUT2D eigenvalue weighted by Crippen LogP contribution is -2.63. The summed E-state index contributed by atoms with van der Waals surface area (Å²) in [6.07, 6.45) is -7.52. The van der Waals surface area contributed by atoms with Crippen LogP contribution in [0.3, 0.4) is 0 Å². The van der Waals surface area contributed by atoms with E-state index in [4.69, 9.17) is 38.8 Å². The summed E-state index contributed by atoms with van der Waals surface area (Å²) in [7, 11) is 1.40. The average Bonchev–Trinajstić information content (AvgIpc) is 1.52. The number of para-hydroxylation sites is 1. The fourth-order valence-corrected chi connectivity index (χ4v) is 12.7. The predicted octanol–water partition coefficient (Wildman–Crippen LogP) is -6.08. The van der Waals surface area contributed by atoms with Crippen LogP contribution in [-0.2, 0) is 106 Å². The number of aliphatic hydroxyl groups is 1. The summed E-state index contributed by atoms with van der Waals surface area (Å²) in [5.74, 6) is -21.4. The summed E-state index contributed by atoms with van der Waals surface area (Å²) >= 11 is 0. The molecule has 0 aliphatic carbocycles. The molecule has 1 aliphatic heterocycles. The third-order valence-electron chi connectivity index (χ3n) is 18.9. The zero-order chi connectivity index (χ0) is 88.0. The van der Waals surface area contributed by atoms with E-state index in [0.717, 1.165) is 13.8 Å². The van der Waals surface area contributed by atoms with Gasteiger partial charge in [0.1, 0.15) is 77.7 Å². The van der Waals surface area contributed by atoms with Gasteiger partial charge in [-0.1, -0.05) is 72.8 Å². The summed E-state index contributed by atoms with van der Waals surface area (Å²) in [4.78, 5) is 254. The summed E-state index contributed by atoms with van der Waals surface area (Å²) in [5.41, 5.74) is 27.1. The number of fused-ring (bicyclic) bond motifs is 2. The summed E-state index contributed by atoms with van der Waals surface area (Å²) in [6, 6.07) is 4.69.